The van der Waals surface area contributed by atoms with Gasteiger partial charge in [0.15, 0.2) is 11.5 Å². The molecule has 0 unspecified atom stereocenters. The number of hydrogen-bond donors (Lipinski definition) is 1. The van der Waals surface area contributed by atoms with Crippen LogP contribution in [0.4, 0.5) is 10.1 Å². The van der Waals surface area contributed by atoms with Gasteiger partial charge in [0, 0.05) is 11.6 Å². The van der Waals surface area contributed by atoms with Crippen LogP contribution in [-0.4, -0.2) is 24.4 Å². The second-order valence-corrected chi connectivity index (χ2v) is 8.43. The van der Waals surface area contributed by atoms with E-state index in [4.69, 9.17) is 4.74 Å². The second-order valence-electron chi connectivity index (χ2n) is 8.43. The molecule has 0 saturated heterocycles. The van der Waals surface area contributed by atoms with Crippen molar-refractivity contribution >= 4 is 23.6 Å². The Morgan fingerprint density at radius 3 is 2.71 bits per heavy atom. The topological polar surface area (TPSA) is 58.6 Å². The van der Waals surface area contributed by atoms with Crippen LogP contribution >= 0.6 is 0 Å². The zero-order chi connectivity index (χ0) is 22.0. The number of halogens is 1. The van der Waals surface area contributed by atoms with Gasteiger partial charge >= 0.3 is 0 Å². The first-order valence-corrected chi connectivity index (χ1v) is 10.8. The zero-order valence-corrected chi connectivity index (χ0v) is 17.8. The van der Waals surface area contributed by atoms with Gasteiger partial charge in [-0.1, -0.05) is 57.0 Å². The van der Waals surface area contributed by atoms with E-state index in [0.717, 1.165) is 12.8 Å². The van der Waals surface area contributed by atoms with Crippen molar-refractivity contribution in [2.45, 2.75) is 39.2 Å². The van der Waals surface area contributed by atoms with Crippen LogP contribution in [0.15, 0.2) is 54.3 Å². The molecule has 0 radical (unpaired) electrons. The molecule has 3 atom stereocenters. The number of anilines is 1. The van der Waals surface area contributed by atoms with Gasteiger partial charge in [-0.3, -0.25) is 14.5 Å². The van der Waals surface area contributed by atoms with Gasteiger partial charge in [0.2, 0.25) is 5.91 Å². The minimum absolute atomic E-state index is 0.0174. The molecule has 5 nitrogen and oxygen atoms in total. The van der Waals surface area contributed by atoms with Gasteiger partial charge in [0.25, 0.3) is 5.91 Å². The lowest BCUT2D eigenvalue weighted by molar-refractivity contribution is -0.124. The Morgan fingerprint density at radius 1 is 1.16 bits per heavy atom. The number of hydrogen-bond acceptors (Lipinski definition) is 3. The summed E-state index contributed by atoms with van der Waals surface area (Å²) in [6.07, 6.45) is 4.59. The Hall–Kier alpha value is -3.15. The third kappa shape index (κ3) is 4.48. The molecule has 1 fully saturated rings. The number of carbonyl (C=O) groups excluding carboxylic acids is 2. The maximum absolute atomic E-state index is 14.1. The number of para-hydroxylation sites is 2. The van der Waals surface area contributed by atoms with Crippen molar-refractivity contribution in [1.82, 2.24) is 5.32 Å². The highest BCUT2D eigenvalue weighted by Crippen LogP contribution is 2.36. The molecule has 1 aliphatic carbocycles. The van der Waals surface area contributed by atoms with Crippen LogP contribution in [-0.2, 0) is 9.59 Å². The lowest BCUT2D eigenvalue weighted by atomic mass is 9.78. The first-order chi connectivity index (χ1) is 14.9. The number of ether oxygens (including phenoxy) is 1. The summed E-state index contributed by atoms with van der Waals surface area (Å²) in [4.78, 5) is 27.5. The predicted molar refractivity (Wildman–Crippen MR) is 118 cm³/mol. The van der Waals surface area contributed by atoms with E-state index < -0.39 is 11.7 Å². The number of nitrogens with one attached hydrogen (secondary N) is 1. The van der Waals surface area contributed by atoms with Gasteiger partial charge < -0.3 is 10.1 Å². The van der Waals surface area contributed by atoms with Crippen LogP contribution in [0.25, 0.3) is 6.08 Å². The summed E-state index contributed by atoms with van der Waals surface area (Å²) in [5.74, 6) is 0.258. The third-order valence-electron chi connectivity index (χ3n) is 6.38. The zero-order valence-electron chi connectivity index (χ0n) is 17.8. The second kappa shape index (κ2) is 8.92. The van der Waals surface area contributed by atoms with E-state index in [0.29, 0.717) is 23.3 Å². The molecule has 1 heterocycles. The molecule has 0 bridgehead atoms. The molecule has 1 aliphatic heterocycles. The van der Waals surface area contributed by atoms with E-state index in [9.17, 15) is 14.0 Å². The summed E-state index contributed by atoms with van der Waals surface area (Å²) in [6.45, 7) is 4.26. The molecule has 4 rings (SSSR count). The number of fused-ring (bicyclic) bond motifs is 1. The molecule has 2 aromatic carbocycles. The molecular formula is C25H27FN2O3. The Labute approximate surface area is 181 Å². The third-order valence-corrected chi connectivity index (χ3v) is 6.38. The summed E-state index contributed by atoms with van der Waals surface area (Å²) in [7, 11) is 0. The number of carbonyl (C=O) groups is 2. The van der Waals surface area contributed by atoms with Gasteiger partial charge in [0.1, 0.15) is 12.4 Å². The van der Waals surface area contributed by atoms with Crippen molar-refractivity contribution in [3.63, 3.8) is 0 Å². The predicted octanol–water partition coefficient (Wildman–Crippen LogP) is 4.53. The summed E-state index contributed by atoms with van der Waals surface area (Å²) in [5.41, 5.74) is 0.776. The fraction of sp³-hybridized carbons (Fsp3) is 0.360. The minimum Gasteiger partial charge on any atom is -0.449 e. The first-order valence-electron chi connectivity index (χ1n) is 10.8. The standard InChI is InChI=1S/C25H27FN2O3/c1-16-8-7-11-20(17(16)2)27-24(29)15-28-21-12-5-6-13-22(21)31-23(25(28)30)14-18-9-3-4-10-19(18)26/h3-6,9-10,12-14,16-17,20H,7-8,11,15H2,1-2H3,(H,27,29)/b23-14-/t16-,17+,20+/m1/s1. The fourth-order valence-electron chi connectivity index (χ4n) is 4.33. The van der Waals surface area contributed by atoms with Crippen molar-refractivity contribution < 1.29 is 18.7 Å². The molecule has 162 valence electrons. The quantitative estimate of drug-likeness (QED) is 0.737. The molecule has 2 aliphatic rings. The maximum atomic E-state index is 14.1. The number of rotatable bonds is 4. The average molecular weight is 423 g/mol. The normalized spacial score (nSPS) is 24.5. The Kier molecular flexibility index (Phi) is 6.07. The fourth-order valence-corrected chi connectivity index (χ4v) is 4.33. The van der Waals surface area contributed by atoms with E-state index in [1.807, 2.05) is 0 Å². The largest absolute Gasteiger partial charge is 0.449 e. The molecule has 0 aromatic heterocycles. The minimum atomic E-state index is -0.470. The molecule has 31 heavy (non-hydrogen) atoms. The number of benzene rings is 2. The lowest BCUT2D eigenvalue weighted by Gasteiger charge is -2.35. The van der Waals surface area contributed by atoms with E-state index >= 15 is 0 Å². The van der Waals surface area contributed by atoms with Gasteiger partial charge in [-0.05, 0) is 42.5 Å². The Morgan fingerprint density at radius 2 is 1.90 bits per heavy atom. The molecule has 6 heteroatoms. The van der Waals surface area contributed by atoms with Gasteiger partial charge in [-0.25, -0.2) is 4.39 Å². The summed E-state index contributed by atoms with van der Waals surface area (Å²) < 4.78 is 19.9. The summed E-state index contributed by atoms with van der Waals surface area (Å²) >= 11 is 0. The highest BCUT2D eigenvalue weighted by molar-refractivity contribution is 6.12. The van der Waals surface area contributed by atoms with Gasteiger partial charge in [0.05, 0.1) is 5.69 Å². The van der Waals surface area contributed by atoms with E-state index in [-0.39, 0.29) is 29.8 Å². The van der Waals surface area contributed by atoms with Crippen LogP contribution in [0.2, 0.25) is 0 Å². The van der Waals surface area contributed by atoms with Crippen LogP contribution in [0, 0.1) is 17.7 Å². The van der Waals surface area contributed by atoms with Gasteiger partial charge in [-0.15, -0.1) is 0 Å². The summed E-state index contributed by atoms with van der Waals surface area (Å²) in [6, 6.07) is 13.3. The Balaban J connectivity index is 1.58. The molecule has 0 spiro atoms. The Bertz CT molecular complexity index is 1020. The molecule has 2 amide bonds. The van der Waals surface area contributed by atoms with Crippen LogP contribution in [0.3, 0.4) is 0 Å². The van der Waals surface area contributed by atoms with E-state index in [2.05, 4.69) is 19.2 Å². The molecule has 1 N–H and O–H groups in total. The molecule has 2 aromatic rings. The van der Waals surface area contributed by atoms with Crippen molar-refractivity contribution in [3.05, 3.63) is 65.7 Å². The molecule has 1 saturated carbocycles. The summed E-state index contributed by atoms with van der Waals surface area (Å²) in [5, 5.41) is 3.12. The van der Waals surface area contributed by atoms with Crippen LogP contribution < -0.4 is 15.0 Å². The number of nitrogens with zero attached hydrogens (tertiary/aromatic N) is 1. The first kappa shape index (κ1) is 21.1. The van der Waals surface area contributed by atoms with E-state index in [1.54, 1.807) is 42.5 Å². The van der Waals surface area contributed by atoms with Crippen molar-refractivity contribution in [1.29, 1.82) is 0 Å². The SMILES string of the molecule is C[C@H]1[C@H](C)CCC[C@@H]1NC(=O)CN1C(=O)/C(=C/c2ccccc2F)Oc2ccccc21. The highest BCUT2D eigenvalue weighted by atomic mass is 19.1. The van der Waals surface area contributed by atoms with Gasteiger partial charge in [-0.2, -0.15) is 0 Å². The van der Waals surface area contributed by atoms with Crippen LogP contribution in [0.5, 0.6) is 5.75 Å². The smallest absolute Gasteiger partial charge is 0.294 e. The number of amides is 2. The highest BCUT2D eigenvalue weighted by Gasteiger charge is 2.33. The van der Waals surface area contributed by atoms with Crippen LogP contribution in [0.1, 0.15) is 38.7 Å². The molecular weight excluding hydrogens is 395 g/mol. The average Bonchev–Trinajstić information content (AvgIpc) is 2.76. The lowest BCUT2D eigenvalue weighted by Crippen LogP contribution is -2.49. The maximum Gasteiger partial charge on any atom is 0.294 e. The van der Waals surface area contributed by atoms with Crippen molar-refractivity contribution in [2.75, 3.05) is 11.4 Å². The van der Waals surface area contributed by atoms with Crippen molar-refractivity contribution in [3.8, 4) is 5.75 Å². The monoisotopic (exact) mass is 422 g/mol. The van der Waals surface area contributed by atoms with Crippen molar-refractivity contribution in [2.24, 2.45) is 11.8 Å². The van der Waals surface area contributed by atoms with E-state index in [1.165, 1.54) is 23.5 Å².